The molecule has 0 amide bonds. The number of aryl methyl sites for hydroxylation is 1. The largest absolute Gasteiger partial charge is 0.368 e. The fourth-order valence-electron chi connectivity index (χ4n) is 1.76. The highest BCUT2D eigenvalue weighted by atomic mass is 32.1. The molecule has 5 heteroatoms. The molecule has 90 valence electrons. The molecule has 0 spiro atoms. The second-order valence-electron chi connectivity index (χ2n) is 3.92. The maximum atomic E-state index is 5.71. The number of rotatable bonds is 4. The van der Waals surface area contributed by atoms with Crippen molar-refractivity contribution in [1.82, 2.24) is 9.97 Å². The molecule has 0 bridgehead atoms. The van der Waals surface area contributed by atoms with Gasteiger partial charge in [-0.1, -0.05) is 0 Å². The first-order valence-electron chi connectivity index (χ1n) is 5.46. The molecule has 0 aliphatic rings. The number of hydrogen-bond acceptors (Lipinski definition) is 5. The zero-order valence-electron chi connectivity index (χ0n) is 10.1. The standard InChI is InChI=1S/C12H16N4S/c1-9-15-11(8-17-9)7-16(2)12-3-4-14-6-10(12)5-13/h3-4,6,8H,5,7,13H2,1-2H3. The average molecular weight is 248 g/mol. The predicted molar refractivity (Wildman–Crippen MR) is 71.1 cm³/mol. The topological polar surface area (TPSA) is 55.0 Å². The van der Waals surface area contributed by atoms with Crippen molar-refractivity contribution in [3.63, 3.8) is 0 Å². The van der Waals surface area contributed by atoms with Crippen LogP contribution in [0.1, 0.15) is 16.3 Å². The lowest BCUT2D eigenvalue weighted by Gasteiger charge is -2.20. The highest BCUT2D eigenvalue weighted by molar-refractivity contribution is 7.09. The molecule has 2 aromatic rings. The summed E-state index contributed by atoms with van der Waals surface area (Å²) in [5, 5.41) is 3.19. The first kappa shape index (κ1) is 12.0. The smallest absolute Gasteiger partial charge is 0.0898 e. The lowest BCUT2D eigenvalue weighted by Crippen LogP contribution is -2.19. The minimum atomic E-state index is 0.504. The van der Waals surface area contributed by atoms with Crippen LogP contribution in [-0.2, 0) is 13.1 Å². The van der Waals surface area contributed by atoms with Crippen LogP contribution in [0.2, 0.25) is 0 Å². The van der Waals surface area contributed by atoms with Crippen LogP contribution in [0.25, 0.3) is 0 Å². The van der Waals surface area contributed by atoms with Crippen LogP contribution in [-0.4, -0.2) is 17.0 Å². The summed E-state index contributed by atoms with van der Waals surface area (Å²) in [4.78, 5) is 10.7. The second kappa shape index (κ2) is 5.25. The maximum Gasteiger partial charge on any atom is 0.0898 e. The number of anilines is 1. The fraction of sp³-hybridized carbons (Fsp3) is 0.333. The fourth-order valence-corrected chi connectivity index (χ4v) is 2.36. The minimum absolute atomic E-state index is 0.504. The number of thiazole rings is 1. The summed E-state index contributed by atoms with van der Waals surface area (Å²) in [7, 11) is 2.04. The Kier molecular flexibility index (Phi) is 3.71. The summed E-state index contributed by atoms with van der Waals surface area (Å²) in [6.07, 6.45) is 3.61. The summed E-state index contributed by atoms with van der Waals surface area (Å²) in [6, 6.07) is 1.99. The van der Waals surface area contributed by atoms with Crippen LogP contribution < -0.4 is 10.6 Å². The van der Waals surface area contributed by atoms with E-state index in [0.29, 0.717) is 6.54 Å². The van der Waals surface area contributed by atoms with Gasteiger partial charge in [-0.15, -0.1) is 11.3 Å². The van der Waals surface area contributed by atoms with Crippen molar-refractivity contribution >= 4 is 17.0 Å². The molecule has 0 aliphatic heterocycles. The van der Waals surface area contributed by atoms with E-state index in [1.807, 2.05) is 26.2 Å². The number of nitrogens with zero attached hydrogens (tertiary/aromatic N) is 3. The summed E-state index contributed by atoms with van der Waals surface area (Å²) in [6.45, 7) is 3.32. The van der Waals surface area contributed by atoms with E-state index < -0.39 is 0 Å². The molecule has 4 nitrogen and oxygen atoms in total. The minimum Gasteiger partial charge on any atom is -0.368 e. The summed E-state index contributed by atoms with van der Waals surface area (Å²) >= 11 is 1.68. The Bertz CT molecular complexity index is 495. The molecule has 0 fully saturated rings. The molecule has 2 rings (SSSR count). The van der Waals surface area contributed by atoms with Crippen molar-refractivity contribution < 1.29 is 0 Å². The molecule has 2 N–H and O–H groups in total. The lowest BCUT2D eigenvalue weighted by atomic mass is 10.2. The summed E-state index contributed by atoms with van der Waals surface area (Å²) < 4.78 is 0. The molecular formula is C12H16N4S. The van der Waals surface area contributed by atoms with Gasteiger partial charge in [0.05, 0.1) is 17.2 Å². The third-order valence-corrected chi connectivity index (χ3v) is 3.40. The summed E-state index contributed by atoms with van der Waals surface area (Å²) in [5.74, 6) is 0. The van der Waals surface area contributed by atoms with E-state index in [9.17, 15) is 0 Å². The van der Waals surface area contributed by atoms with Crippen LogP contribution in [0, 0.1) is 6.92 Å². The van der Waals surface area contributed by atoms with Gasteiger partial charge in [0.1, 0.15) is 0 Å². The zero-order chi connectivity index (χ0) is 12.3. The average Bonchev–Trinajstić information content (AvgIpc) is 2.74. The van der Waals surface area contributed by atoms with Crippen LogP contribution in [0.4, 0.5) is 5.69 Å². The van der Waals surface area contributed by atoms with E-state index in [0.717, 1.165) is 28.5 Å². The van der Waals surface area contributed by atoms with Crippen LogP contribution in [0.5, 0.6) is 0 Å². The third kappa shape index (κ3) is 2.81. The van der Waals surface area contributed by atoms with Gasteiger partial charge in [0.25, 0.3) is 0 Å². The maximum absolute atomic E-state index is 5.71. The number of pyridine rings is 1. The van der Waals surface area contributed by atoms with E-state index in [-0.39, 0.29) is 0 Å². The van der Waals surface area contributed by atoms with Crippen molar-refractivity contribution in [3.05, 3.63) is 40.1 Å². The van der Waals surface area contributed by atoms with Gasteiger partial charge < -0.3 is 10.6 Å². The molecule has 0 atom stereocenters. The Balaban J connectivity index is 2.16. The van der Waals surface area contributed by atoms with E-state index >= 15 is 0 Å². The third-order valence-electron chi connectivity index (χ3n) is 2.57. The van der Waals surface area contributed by atoms with Gasteiger partial charge in [0.15, 0.2) is 0 Å². The van der Waals surface area contributed by atoms with Crippen LogP contribution in [0.3, 0.4) is 0 Å². The predicted octanol–water partition coefficient (Wildman–Crippen LogP) is 1.94. The van der Waals surface area contributed by atoms with Crippen molar-refractivity contribution in [2.75, 3.05) is 11.9 Å². The molecule has 0 radical (unpaired) electrons. The van der Waals surface area contributed by atoms with Crippen LogP contribution >= 0.6 is 11.3 Å². The molecule has 0 unspecified atom stereocenters. The van der Waals surface area contributed by atoms with Gasteiger partial charge in [-0.3, -0.25) is 4.98 Å². The Labute approximate surface area is 105 Å². The molecule has 0 aliphatic carbocycles. The van der Waals surface area contributed by atoms with Gasteiger partial charge in [-0.25, -0.2) is 4.98 Å². The van der Waals surface area contributed by atoms with Crippen LogP contribution in [0.15, 0.2) is 23.8 Å². The SMILES string of the molecule is Cc1nc(CN(C)c2ccncc2CN)cs1. The van der Waals surface area contributed by atoms with Crippen molar-refractivity contribution in [1.29, 1.82) is 0 Å². The molecule has 2 aromatic heterocycles. The van der Waals surface area contributed by atoms with E-state index in [1.165, 1.54) is 0 Å². The first-order chi connectivity index (χ1) is 8.20. The number of hydrogen-bond donors (Lipinski definition) is 1. The van der Waals surface area contributed by atoms with Gasteiger partial charge >= 0.3 is 0 Å². The highest BCUT2D eigenvalue weighted by Gasteiger charge is 2.08. The van der Waals surface area contributed by atoms with Crippen molar-refractivity contribution in [3.8, 4) is 0 Å². The lowest BCUT2D eigenvalue weighted by molar-refractivity contribution is 0.873. The van der Waals surface area contributed by atoms with Crippen molar-refractivity contribution in [2.24, 2.45) is 5.73 Å². The Morgan fingerprint density at radius 2 is 2.29 bits per heavy atom. The molecule has 0 aromatic carbocycles. The highest BCUT2D eigenvalue weighted by Crippen LogP contribution is 2.20. The molecule has 17 heavy (non-hydrogen) atoms. The molecular weight excluding hydrogens is 232 g/mol. The Morgan fingerprint density at radius 3 is 2.94 bits per heavy atom. The zero-order valence-corrected chi connectivity index (χ0v) is 10.9. The molecule has 0 saturated heterocycles. The van der Waals surface area contributed by atoms with Gasteiger partial charge in [-0.2, -0.15) is 0 Å². The Morgan fingerprint density at radius 1 is 1.47 bits per heavy atom. The Hall–Kier alpha value is -1.46. The normalized spacial score (nSPS) is 10.5. The van der Waals surface area contributed by atoms with Gasteiger partial charge in [-0.05, 0) is 13.0 Å². The number of aromatic nitrogens is 2. The van der Waals surface area contributed by atoms with E-state index in [2.05, 4.69) is 20.2 Å². The van der Waals surface area contributed by atoms with Crippen molar-refractivity contribution in [2.45, 2.75) is 20.0 Å². The van der Waals surface area contributed by atoms with Gasteiger partial charge in [0.2, 0.25) is 0 Å². The second-order valence-corrected chi connectivity index (χ2v) is 4.98. The quantitative estimate of drug-likeness (QED) is 0.898. The van der Waals surface area contributed by atoms with E-state index in [4.69, 9.17) is 5.73 Å². The number of nitrogens with two attached hydrogens (primary N) is 1. The molecule has 0 saturated carbocycles. The monoisotopic (exact) mass is 248 g/mol. The van der Waals surface area contributed by atoms with E-state index in [1.54, 1.807) is 17.5 Å². The summed E-state index contributed by atoms with van der Waals surface area (Å²) in [5.41, 5.74) is 8.97. The van der Waals surface area contributed by atoms with Gasteiger partial charge in [0, 0.05) is 42.6 Å². The molecule has 2 heterocycles. The first-order valence-corrected chi connectivity index (χ1v) is 6.33.